The number of amides is 1. The van der Waals surface area contributed by atoms with Crippen LogP contribution in [0.15, 0.2) is 78.9 Å². The SMILES string of the molecule is COc1ccc([C@@H](NC(=O)/C=C/c2cc(OC)ccc2OC)c2ccccc2)cc1. The molecular weight excluding hydrogens is 378 g/mol. The first-order valence-corrected chi connectivity index (χ1v) is 9.54. The maximum atomic E-state index is 12.8. The third-order valence-corrected chi connectivity index (χ3v) is 4.72. The van der Waals surface area contributed by atoms with Crippen molar-refractivity contribution >= 4 is 12.0 Å². The minimum Gasteiger partial charge on any atom is -0.497 e. The van der Waals surface area contributed by atoms with Gasteiger partial charge in [0.2, 0.25) is 5.91 Å². The van der Waals surface area contributed by atoms with Crippen LogP contribution in [-0.4, -0.2) is 27.2 Å². The van der Waals surface area contributed by atoms with Crippen molar-refractivity contribution in [3.05, 3.63) is 95.6 Å². The van der Waals surface area contributed by atoms with Crippen molar-refractivity contribution in [1.29, 1.82) is 0 Å². The Kier molecular flexibility index (Phi) is 7.11. The van der Waals surface area contributed by atoms with Gasteiger partial charge in [-0.3, -0.25) is 4.79 Å². The largest absolute Gasteiger partial charge is 0.497 e. The molecule has 154 valence electrons. The monoisotopic (exact) mass is 403 g/mol. The lowest BCUT2D eigenvalue weighted by Gasteiger charge is -2.19. The Labute approximate surface area is 176 Å². The first-order chi connectivity index (χ1) is 14.6. The van der Waals surface area contributed by atoms with E-state index in [2.05, 4.69) is 5.32 Å². The molecule has 0 heterocycles. The molecule has 0 spiro atoms. The zero-order chi connectivity index (χ0) is 21.3. The van der Waals surface area contributed by atoms with E-state index < -0.39 is 0 Å². The van der Waals surface area contributed by atoms with E-state index in [0.29, 0.717) is 11.5 Å². The van der Waals surface area contributed by atoms with Gasteiger partial charge in [0.1, 0.15) is 17.2 Å². The third-order valence-electron chi connectivity index (χ3n) is 4.72. The van der Waals surface area contributed by atoms with Crippen LogP contribution in [0.5, 0.6) is 17.2 Å². The molecule has 3 rings (SSSR count). The van der Waals surface area contributed by atoms with Crippen molar-refractivity contribution in [3.63, 3.8) is 0 Å². The zero-order valence-electron chi connectivity index (χ0n) is 17.3. The Bertz CT molecular complexity index is 997. The van der Waals surface area contributed by atoms with Gasteiger partial charge in [-0.2, -0.15) is 0 Å². The van der Waals surface area contributed by atoms with Gasteiger partial charge in [-0.25, -0.2) is 0 Å². The van der Waals surface area contributed by atoms with E-state index in [4.69, 9.17) is 14.2 Å². The van der Waals surface area contributed by atoms with Crippen LogP contribution in [0.3, 0.4) is 0 Å². The maximum Gasteiger partial charge on any atom is 0.244 e. The standard InChI is InChI=1S/C25H25NO4/c1-28-21-12-9-19(10-13-21)25(18-7-5-4-6-8-18)26-24(27)16-11-20-17-22(29-2)14-15-23(20)30-3/h4-17,25H,1-3H3,(H,26,27)/b16-11+/t25-/m0/s1. The summed E-state index contributed by atoms with van der Waals surface area (Å²) in [6, 6.07) is 22.7. The summed E-state index contributed by atoms with van der Waals surface area (Å²) in [5.41, 5.74) is 2.71. The first kappa shape index (κ1) is 21.0. The average molecular weight is 403 g/mol. The lowest BCUT2D eigenvalue weighted by molar-refractivity contribution is -0.116. The molecule has 0 aromatic heterocycles. The normalized spacial score (nSPS) is 11.7. The average Bonchev–Trinajstić information content (AvgIpc) is 2.81. The number of carbonyl (C=O) groups is 1. The van der Waals surface area contributed by atoms with Crippen LogP contribution in [-0.2, 0) is 4.79 Å². The molecule has 30 heavy (non-hydrogen) atoms. The first-order valence-electron chi connectivity index (χ1n) is 9.54. The van der Waals surface area contributed by atoms with Gasteiger partial charge < -0.3 is 19.5 Å². The molecular formula is C25H25NO4. The summed E-state index contributed by atoms with van der Waals surface area (Å²) in [5.74, 6) is 1.90. The number of carbonyl (C=O) groups excluding carboxylic acids is 1. The second kappa shape index (κ2) is 10.2. The molecule has 0 aliphatic heterocycles. The molecule has 1 amide bonds. The lowest BCUT2D eigenvalue weighted by atomic mass is 9.98. The van der Waals surface area contributed by atoms with Gasteiger partial charge in [-0.05, 0) is 47.5 Å². The quantitative estimate of drug-likeness (QED) is 0.557. The topological polar surface area (TPSA) is 56.8 Å². The smallest absolute Gasteiger partial charge is 0.244 e. The van der Waals surface area contributed by atoms with Gasteiger partial charge in [0.25, 0.3) is 0 Å². The van der Waals surface area contributed by atoms with Crippen molar-refractivity contribution in [1.82, 2.24) is 5.32 Å². The molecule has 5 nitrogen and oxygen atoms in total. The molecule has 3 aromatic rings. The van der Waals surface area contributed by atoms with Crippen molar-refractivity contribution < 1.29 is 19.0 Å². The lowest BCUT2D eigenvalue weighted by Crippen LogP contribution is -2.27. The second-order valence-electron chi connectivity index (χ2n) is 6.57. The second-order valence-corrected chi connectivity index (χ2v) is 6.57. The molecule has 0 fully saturated rings. The Morgan fingerprint density at radius 2 is 1.43 bits per heavy atom. The van der Waals surface area contributed by atoms with E-state index in [1.807, 2.05) is 66.7 Å². The van der Waals surface area contributed by atoms with Crippen molar-refractivity contribution in [2.45, 2.75) is 6.04 Å². The zero-order valence-corrected chi connectivity index (χ0v) is 17.3. The third kappa shape index (κ3) is 5.20. The molecule has 0 radical (unpaired) electrons. The molecule has 0 aliphatic carbocycles. The number of nitrogens with one attached hydrogen (secondary N) is 1. The summed E-state index contributed by atoms with van der Waals surface area (Å²) in [5, 5.41) is 3.08. The predicted octanol–water partition coefficient (Wildman–Crippen LogP) is 4.63. The van der Waals surface area contributed by atoms with Gasteiger partial charge in [-0.15, -0.1) is 0 Å². The Balaban J connectivity index is 1.84. The summed E-state index contributed by atoms with van der Waals surface area (Å²) >= 11 is 0. The van der Waals surface area contributed by atoms with Crippen LogP contribution in [0.4, 0.5) is 0 Å². The van der Waals surface area contributed by atoms with E-state index in [0.717, 1.165) is 22.4 Å². The number of methoxy groups -OCH3 is 3. The molecule has 0 saturated carbocycles. The highest BCUT2D eigenvalue weighted by atomic mass is 16.5. The van der Waals surface area contributed by atoms with Crippen molar-refractivity contribution in [2.75, 3.05) is 21.3 Å². The molecule has 0 unspecified atom stereocenters. The van der Waals surface area contributed by atoms with Crippen LogP contribution in [0.1, 0.15) is 22.7 Å². The van der Waals surface area contributed by atoms with Crippen molar-refractivity contribution in [2.24, 2.45) is 0 Å². The number of hydrogen-bond acceptors (Lipinski definition) is 4. The summed E-state index contributed by atoms with van der Waals surface area (Å²) in [6.07, 6.45) is 3.21. The van der Waals surface area contributed by atoms with Gasteiger partial charge in [0.15, 0.2) is 0 Å². The molecule has 0 bridgehead atoms. The van der Waals surface area contributed by atoms with Crippen LogP contribution in [0, 0.1) is 0 Å². The van der Waals surface area contributed by atoms with Gasteiger partial charge in [-0.1, -0.05) is 42.5 Å². The number of hydrogen-bond donors (Lipinski definition) is 1. The molecule has 0 saturated heterocycles. The van der Waals surface area contributed by atoms with E-state index in [-0.39, 0.29) is 11.9 Å². The highest BCUT2D eigenvalue weighted by Crippen LogP contribution is 2.26. The highest BCUT2D eigenvalue weighted by Gasteiger charge is 2.16. The van der Waals surface area contributed by atoms with Gasteiger partial charge in [0.05, 0.1) is 27.4 Å². The van der Waals surface area contributed by atoms with Crippen molar-refractivity contribution in [3.8, 4) is 17.2 Å². The highest BCUT2D eigenvalue weighted by molar-refractivity contribution is 5.92. The fourth-order valence-electron chi connectivity index (χ4n) is 3.13. The Morgan fingerprint density at radius 3 is 2.07 bits per heavy atom. The molecule has 3 aromatic carbocycles. The Morgan fingerprint density at radius 1 is 0.800 bits per heavy atom. The Hall–Kier alpha value is -3.73. The van der Waals surface area contributed by atoms with E-state index in [1.165, 1.54) is 6.08 Å². The van der Waals surface area contributed by atoms with Gasteiger partial charge in [0, 0.05) is 11.6 Å². The summed E-state index contributed by atoms with van der Waals surface area (Å²) < 4.78 is 15.9. The summed E-state index contributed by atoms with van der Waals surface area (Å²) in [7, 11) is 4.82. The van der Waals surface area contributed by atoms with E-state index in [9.17, 15) is 4.79 Å². The summed E-state index contributed by atoms with van der Waals surface area (Å²) in [6.45, 7) is 0. The molecule has 5 heteroatoms. The predicted molar refractivity (Wildman–Crippen MR) is 118 cm³/mol. The van der Waals surface area contributed by atoms with Crippen LogP contribution in [0.25, 0.3) is 6.08 Å². The van der Waals surface area contributed by atoms with Gasteiger partial charge >= 0.3 is 0 Å². The number of rotatable bonds is 8. The van der Waals surface area contributed by atoms with E-state index >= 15 is 0 Å². The molecule has 0 aliphatic rings. The molecule has 1 N–H and O–H groups in total. The van der Waals surface area contributed by atoms with Crippen LogP contribution < -0.4 is 19.5 Å². The van der Waals surface area contributed by atoms with E-state index in [1.54, 1.807) is 33.5 Å². The fourth-order valence-corrected chi connectivity index (χ4v) is 3.13. The fraction of sp³-hybridized carbons (Fsp3) is 0.160. The van der Waals surface area contributed by atoms with Crippen LogP contribution in [0.2, 0.25) is 0 Å². The number of ether oxygens (including phenoxy) is 3. The molecule has 1 atom stereocenters. The maximum absolute atomic E-state index is 12.8. The van der Waals surface area contributed by atoms with Crippen LogP contribution >= 0.6 is 0 Å². The summed E-state index contributed by atoms with van der Waals surface area (Å²) in [4.78, 5) is 12.8. The minimum atomic E-state index is -0.290. The number of benzene rings is 3. The minimum absolute atomic E-state index is 0.218.